The molecule has 0 bridgehead atoms. The molecule has 1 amide bonds. The second-order valence-electron chi connectivity index (χ2n) is 6.89. The third-order valence-corrected chi connectivity index (χ3v) is 6.13. The zero-order chi connectivity index (χ0) is 16.2. The second-order valence-corrected chi connectivity index (χ2v) is 8.65. The molecule has 1 heterocycles. The van der Waals surface area contributed by atoms with Gasteiger partial charge in [-0.3, -0.25) is 4.79 Å². The van der Waals surface area contributed by atoms with Crippen molar-refractivity contribution in [3.63, 3.8) is 0 Å². The van der Waals surface area contributed by atoms with Gasteiger partial charge in [-0.15, -0.1) is 0 Å². The molecule has 0 aromatic rings. The van der Waals surface area contributed by atoms with Crippen LogP contribution in [0.3, 0.4) is 0 Å². The van der Waals surface area contributed by atoms with E-state index < -0.39 is 21.7 Å². The highest BCUT2D eigenvalue weighted by Gasteiger charge is 2.27. The Morgan fingerprint density at radius 1 is 1.14 bits per heavy atom. The van der Waals surface area contributed by atoms with Gasteiger partial charge in [-0.1, -0.05) is 6.92 Å². The number of sulfonamides is 1. The fourth-order valence-corrected chi connectivity index (χ4v) is 4.59. The zero-order valence-electron chi connectivity index (χ0n) is 13.6. The normalized spacial score (nSPS) is 33.4. The highest BCUT2D eigenvalue weighted by atomic mass is 32.2. The number of rotatable bonds is 5. The Labute approximate surface area is 133 Å². The largest absolute Gasteiger partial charge is 0.351 e. The quantitative estimate of drug-likeness (QED) is 0.693. The van der Waals surface area contributed by atoms with Crippen molar-refractivity contribution < 1.29 is 13.2 Å². The van der Waals surface area contributed by atoms with Crippen LogP contribution in [0.5, 0.6) is 0 Å². The fourth-order valence-electron chi connectivity index (χ4n) is 3.34. The minimum Gasteiger partial charge on any atom is -0.351 e. The van der Waals surface area contributed by atoms with Crippen LogP contribution in [0.15, 0.2) is 0 Å². The summed E-state index contributed by atoms with van der Waals surface area (Å²) in [6, 6.07) is 0.199. The molecule has 7 heteroatoms. The van der Waals surface area contributed by atoms with Crippen LogP contribution in [-0.2, 0) is 14.8 Å². The minimum atomic E-state index is -3.55. The van der Waals surface area contributed by atoms with Crippen molar-refractivity contribution in [3.05, 3.63) is 0 Å². The summed E-state index contributed by atoms with van der Waals surface area (Å²) in [6.07, 6.45) is 5.72. The molecule has 0 aromatic carbocycles. The number of amides is 1. The van der Waals surface area contributed by atoms with Crippen LogP contribution in [0.2, 0.25) is 0 Å². The number of nitrogens with one attached hydrogen (secondary N) is 3. The third kappa shape index (κ3) is 5.52. The molecule has 1 aliphatic carbocycles. The molecule has 2 unspecified atom stereocenters. The Kier molecular flexibility index (Phi) is 6.23. The molecule has 1 aliphatic heterocycles. The van der Waals surface area contributed by atoms with Crippen LogP contribution >= 0.6 is 0 Å². The van der Waals surface area contributed by atoms with Crippen molar-refractivity contribution in [3.8, 4) is 0 Å². The lowest BCUT2D eigenvalue weighted by Crippen LogP contribution is -2.53. The van der Waals surface area contributed by atoms with Crippen molar-refractivity contribution in [2.75, 3.05) is 12.3 Å². The molecule has 6 nitrogen and oxygen atoms in total. The Morgan fingerprint density at radius 3 is 2.45 bits per heavy atom. The average molecular weight is 331 g/mol. The van der Waals surface area contributed by atoms with E-state index in [1.165, 1.54) is 0 Å². The Bertz CT molecular complexity index is 472. The summed E-state index contributed by atoms with van der Waals surface area (Å²) >= 11 is 0. The van der Waals surface area contributed by atoms with Gasteiger partial charge in [-0.05, 0) is 57.9 Å². The topological polar surface area (TPSA) is 87.3 Å². The highest BCUT2D eigenvalue weighted by molar-refractivity contribution is 7.90. The number of hydrogen-bond acceptors (Lipinski definition) is 4. The van der Waals surface area contributed by atoms with Crippen LogP contribution in [0.25, 0.3) is 0 Å². The van der Waals surface area contributed by atoms with E-state index in [4.69, 9.17) is 0 Å². The molecule has 22 heavy (non-hydrogen) atoms. The molecule has 1 saturated heterocycles. The molecular weight excluding hydrogens is 302 g/mol. The zero-order valence-corrected chi connectivity index (χ0v) is 14.4. The summed E-state index contributed by atoms with van der Waals surface area (Å²) in [5, 5.41) is 6.14. The number of carbonyl (C=O) groups is 1. The Balaban J connectivity index is 1.79. The maximum absolute atomic E-state index is 12.1. The number of carbonyl (C=O) groups excluding carboxylic acids is 1. The molecule has 2 rings (SSSR count). The van der Waals surface area contributed by atoms with Crippen LogP contribution < -0.4 is 15.4 Å². The van der Waals surface area contributed by atoms with Crippen molar-refractivity contribution in [1.29, 1.82) is 0 Å². The molecule has 0 radical (unpaired) electrons. The van der Waals surface area contributed by atoms with Crippen molar-refractivity contribution in [2.24, 2.45) is 5.92 Å². The van der Waals surface area contributed by atoms with Crippen molar-refractivity contribution in [2.45, 2.75) is 70.5 Å². The van der Waals surface area contributed by atoms with Crippen LogP contribution in [0, 0.1) is 5.92 Å². The minimum absolute atomic E-state index is 0.00993. The van der Waals surface area contributed by atoms with E-state index in [2.05, 4.69) is 22.3 Å². The van der Waals surface area contributed by atoms with Gasteiger partial charge in [-0.25, -0.2) is 13.1 Å². The summed E-state index contributed by atoms with van der Waals surface area (Å²) in [7, 11) is -3.55. The lowest BCUT2D eigenvalue weighted by atomic mass is 9.88. The first kappa shape index (κ1) is 17.7. The van der Waals surface area contributed by atoms with Crippen LogP contribution in [-0.4, -0.2) is 44.7 Å². The molecule has 2 aliphatic rings. The van der Waals surface area contributed by atoms with E-state index in [1.54, 1.807) is 0 Å². The average Bonchev–Trinajstić information content (AvgIpc) is 2.43. The van der Waals surface area contributed by atoms with Gasteiger partial charge in [0.15, 0.2) is 0 Å². The molecule has 3 N–H and O–H groups in total. The first-order valence-corrected chi connectivity index (χ1v) is 10.0. The Morgan fingerprint density at radius 2 is 1.82 bits per heavy atom. The first-order valence-electron chi connectivity index (χ1n) is 8.38. The van der Waals surface area contributed by atoms with E-state index in [-0.39, 0.29) is 18.1 Å². The SMILES string of the molecule is CC1CCC(NS(=O)(=O)CC(=O)NC2CCCNC2C)CC1. The summed E-state index contributed by atoms with van der Waals surface area (Å²) in [5.74, 6) is -0.205. The van der Waals surface area contributed by atoms with E-state index >= 15 is 0 Å². The lowest BCUT2D eigenvalue weighted by molar-refractivity contribution is -0.119. The fraction of sp³-hybridized carbons (Fsp3) is 0.933. The van der Waals surface area contributed by atoms with Gasteiger partial charge in [0.25, 0.3) is 0 Å². The first-order chi connectivity index (χ1) is 10.4. The standard InChI is InChI=1S/C15H29N3O3S/c1-11-5-7-13(8-6-11)18-22(20,21)10-15(19)17-14-4-3-9-16-12(14)2/h11-14,16,18H,3-10H2,1-2H3,(H,17,19). The molecule has 1 saturated carbocycles. The lowest BCUT2D eigenvalue weighted by Gasteiger charge is -2.31. The van der Waals surface area contributed by atoms with Crippen LogP contribution in [0.1, 0.15) is 52.4 Å². The van der Waals surface area contributed by atoms with Crippen molar-refractivity contribution in [1.82, 2.24) is 15.4 Å². The predicted molar refractivity (Wildman–Crippen MR) is 87.0 cm³/mol. The smallest absolute Gasteiger partial charge is 0.236 e. The maximum atomic E-state index is 12.1. The number of piperidine rings is 1. The third-order valence-electron chi connectivity index (χ3n) is 4.79. The number of hydrogen-bond donors (Lipinski definition) is 3. The van der Waals surface area contributed by atoms with Gasteiger partial charge in [0.2, 0.25) is 15.9 Å². The summed E-state index contributed by atoms with van der Waals surface area (Å²) in [4.78, 5) is 12.0. The van der Waals surface area contributed by atoms with Crippen LogP contribution in [0.4, 0.5) is 0 Å². The molecule has 0 spiro atoms. The van der Waals surface area contributed by atoms with Gasteiger partial charge >= 0.3 is 0 Å². The molecule has 2 fully saturated rings. The molecule has 2 atom stereocenters. The van der Waals surface area contributed by atoms with Gasteiger partial charge in [0, 0.05) is 18.1 Å². The van der Waals surface area contributed by atoms with Gasteiger partial charge < -0.3 is 10.6 Å². The molecular formula is C15H29N3O3S. The predicted octanol–water partition coefficient (Wildman–Crippen LogP) is 0.741. The highest BCUT2D eigenvalue weighted by Crippen LogP contribution is 2.23. The van der Waals surface area contributed by atoms with E-state index in [9.17, 15) is 13.2 Å². The summed E-state index contributed by atoms with van der Waals surface area (Å²) < 4.78 is 26.9. The molecule has 0 aromatic heterocycles. The maximum Gasteiger partial charge on any atom is 0.236 e. The van der Waals surface area contributed by atoms with E-state index in [0.717, 1.165) is 45.1 Å². The molecule has 128 valence electrons. The summed E-state index contributed by atoms with van der Waals surface area (Å²) in [6.45, 7) is 5.16. The van der Waals surface area contributed by atoms with E-state index in [1.807, 2.05) is 6.92 Å². The second kappa shape index (κ2) is 7.75. The van der Waals surface area contributed by atoms with Gasteiger partial charge in [-0.2, -0.15) is 0 Å². The van der Waals surface area contributed by atoms with E-state index in [0.29, 0.717) is 5.92 Å². The Hall–Kier alpha value is -0.660. The van der Waals surface area contributed by atoms with Crippen molar-refractivity contribution >= 4 is 15.9 Å². The summed E-state index contributed by atoms with van der Waals surface area (Å²) in [5.41, 5.74) is 0. The monoisotopic (exact) mass is 331 g/mol. The van der Waals surface area contributed by atoms with Gasteiger partial charge in [0.05, 0.1) is 0 Å². The van der Waals surface area contributed by atoms with Gasteiger partial charge in [0.1, 0.15) is 5.75 Å².